The van der Waals surface area contributed by atoms with Crippen molar-refractivity contribution in [3.63, 3.8) is 0 Å². The number of carboxylic acids is 4. The molecule has 0 aromatic heterocycles. The van der Waals surface area contributed by atoms with Crippen molar-refractivity contribution in [1.29, 1.82) is 0 Å². The van der Waals surface area contributed by atoms with Gasteiger partial charge in [-0.1, -0.05) is 121 Å². The quantitative estimate of drug-likeness (QED) is 0.0876. The predicted octanol–water partition coefficient (Wildman–Crippen LogP) is 13.0. The molecule has 0 saturated carbocycles. The standard InChI is InChI=1S/C54H38O10/c1-31-41(29-43(33-15-7-3-8-16-33)49(47(31)35-19-11-5-12-20-35)63-37-23-25-39(51(55)56)45(27-37)53(59)60)42-30-44(34-17-9-4-10-18-34)50(48(32(42)2)36-21-13-6-14-22-36)64-38-24-26-40(52(57)58)46(28-38)54(61)62/h3-30H,1-2H3,(H,55,56)(H,57,58)(H,59,60)(H,61,62). The molecule has 10 nitrogen and oxygen atoms in total. The van der Waals surface area contributed by atoms with Crippen LogP contribution in [0.4, 0.5) is 0 Å². The number of hydrogen-bond acceptors (Lipinski definition) is 6. The Labute approximate surface area is 367 Å². The number of hydrogen-bond donors (Lipinski definition) is 4. The molecule has 4 N–H and O–H groups in total. The van der Waals surface area contributed by atoms with Crippen molar-refractivity contribution in [2.24, 2.45) is 0 Å². The number of benzene rings is 8. The van der Waals surface area contributed by atoms with Gasteiger partial charge >= 0.3 is 23.9 Å². The van der Waals surface area contributed by atoms with Crippen LogP contribution in [-0.2, 0) is 0 Å². The highest BCUT2D eigenvalue weighted by Crippen LogP contribution is 2.52. The van der Waals surface area contributed by atoms with Gasteiger partial charge in [0.15, 0.2) is 0 Å². The number of ether oxygens (including phenoxy) is 2. The van der Waals surface area contributed by atoms with E-state index in [1.807, 2.05) is 147 Å². The van der Waals surface area contributed by atoms with E-state index in [2.05, 4.69) is 0 Å². The van der Waals surface area contributed by atoms with Crippen LogP contribution in [-0.4, -0.2) is 44.3 Å². The van der Waals surface area contributed by atoms with Crippen molar-refractivity contribution in [2.75, 3.05) is 0 Å². The zero-order valence-electron chi connectivity index (χ0n) is 34.4. The second kappa shape index (κ2) is 17.7. The van der Waals surface area contributed by atoms with E-state index in [9.17, 15) is 39.6 Å². The number of carbonyl (C=O) groups is 4. The molecule has 8 aromatic carbocycles. The molecule has 0 atom stereocenters. The van der Waals surface area contributed by atoms with E-state index in [0.717, 1.165) is 44.5 Å². The summed E-state index contributed by atoms with van der Waals surface area (Å²) < 4.78 is 13.5. The third-order valence-electron chi connectivity index (χ3n) is 11.0. The molecule has 0 spiro atoms. The molecule has 0 unspecified atom stereocenters. The van der Waals surface area contributed by atoms with Crippen LogP contribution in [0, 0.1) is 13.8 Å². The van der Waals surface area contributed by atoms with Gasteiger partial charge in [-0.2, -0.15) is 0 Å². The van der Waals surface area contributed by atoms with Crippen molar-refractivity contribution < 1.29 is 49.1 Å². The van der Waals surface area contributed by atoms with Gasteiger partial charge in [-0.15, -0.1) is 0 Å². The summed E-state index contributed by atoms with van der Waals surface area (Å²) in [5, 5.41) is 39.5. The molecule has 0 radical (unpaired) electrons. The van der Waals surface area contributed by atoms with Crippen LogP contribution >= 0.6 is 0 Å². The number of carboxylic acid groups (broad SMARTS) is 4. The van der Waals surface area contributed by atoms with Crippen LogP contribution in [0.1, 0.15) is 52.6 Å². The summed E-state index contributed by atoms with van der Waals surface area (Å²) in [6, 6.07) is 50.3. The fraction of sp³-hybridized carbons (Fsp3) is 0.0370. The van der Waals surface area contributed by atoms with Gasteiger partial charge in [-0.3, -0.25) is 0 Å². The molecule has 314 valence electrons. The molecule has 8 rings (SSSR count). The Morgan fingerprint density at radius 2 is 0.641 bits per heavy atom. The minimum atomic E-state index is -1.41. The van der Waals surface area contributed by atoms with Crippen LogP contribution in [0.3, 0.4) is 0 Å². The molecule has 0 saturated heterocycles. The first-order chi connectivity index (χ1) is 30.9. The van der Waals surface area contributed by atoms with Crippen molar-refractivity contribution in [3.8, 4) is 78.6 Å². The molecule has 0 amide bonds. The molecule has 0 aliphatic rings. The lowest BCUT2D eigenvalue weighted by Gasteiger charge is -2.25. The summed E-state index contributed by atoms with van der Waals surface area (Å²) in [7, 11) is 0. The van der Waals surface area contributed by atoms with Gasteiger partial charge in [0.2, 0.25) is 0 Å². The van der Waals surface area contributed by atoms with E-state index in [0.29, 0.717) is 33.8 Å². The van der Waals surface area contributed by atoms with Crippen LogP contribution in [0.25, 0.3) is 55.6 Å². The van der Waals surface area contributed by atoms with Crippen molar-refractivity contribution >= 4 is 23.9 Å². The van der Waals surface area contributed by atoms with E-state index in [-0.39, 0.29) is 22.6 Å². The predicted molar refractivity (Wildman–Crippen MR) is 244 cm³/mol. The first-order valence-corrected chi connectivity index (χ1v) is 20.1. The summed E-state index contributed by atoms with van der Waals surface area (Å²) >= 11 is 0. The number of rotatable bonds is 13. The Hall–Kier alpha value is -8.76. The summed E-state index contributed by atoms with van der Waals surface area (Å²) in [6.07, 6.45) is 0. The van der Waals surface area contributed by atoms with E-state index >= 15 is 0 Å². The average Bonchev–Trinajstić information content (AvgIpc) is 3.30. The molecule has 0 heterocycles. The topological polar surface area (TPSA) is 168 Å². The molecule has 0 fully saturated rings. The molecule has 0 bridgehead atoms. The van der Waals surface area contributed by atoms with Crippen LogP contribution in [0.15, 0.2) is 170 Å². The normalized spacial score (nSPS) is 10.8. The third-order valence-corrected chi connectivity index (χ3v) is 11.0. The van der Waals surface area contributed by atoms with Gasteiger partial charge in [0.1, 0.15) is 23.0 Å². The van der Waals surface area contributed by atoms with Crippen LogP contribution < -0.4 is 9.47 Å². The van der Waals surface area contributed by atoms with E-state index < -0.39 is 35.0 Å². The van der Waals surface area contributed by atoms with Gasteiger partial charge in [0, 0.05) is 22.3 Å². The first-order valence-electron chi connectivity index (χ1n) is 20.1. The van der Waals surface area contributed by atoms with Crippen molar-refractivity contribution in [2.45, 2.75) is 13.8 Å². The molecule has 64 heavy (non-hydrogen) atoms. The summed E-state index contributed by atoms with van der Waals surface area (Å²) in [5.41, 5.74) is 7.64. The lowest BCUT2D eigenvalue weighted by Crippen LogP contribution is -2.08. The maximum atomic E-state index is 12.3. The Bertz CT molecular complexity index is 2900. The molecule has 8 aromatic rings. The average molecular weight is 847 g/mol. The monoisotopic (exact) mass is 846 g/mol. The molecule has 10 heteroatoms. The van der Waals surface area contributed by atoms with Crippen molar-refractivity contribution in [3.05, 3.63) is 203 Å². The maximum absolute atomic E-state index is 12.3. The van der Waals surface area contributed by atoms with E-state index in [4.69, 9.17) is 9.47 Å². The number of aromatic carboxylic acids is 4. The first kappa shape index (κ1) is 42.0. The molecule has 0 aliphatic carbocycles. The van der Waals surface area contributed by atoms with Gasteiger partial charge in [-0.05, 0) is 107 Å². The highest BCUT2D eigenvalue weighted by Gasteiger charge is 2.27. The SMILES string of the molecule is Cc1c(-c2cc(-c3ccccc3)c(Oc3ccc(C(=O)O)c(C(=O)O)c3)c(-c3ccccc3)c2C)cc(-c2ccccc2)c(Oc2ccc(C(=O)O)c(C(=O)O)c2)c1-c1ccccc1. The maximum Gasteiger partial charge on any atom is 0.336 e. The smallest absolute Gasteiger partial charge is 0.336 e. The Morgan fingerprint density at radius 3 is 0.938 bits per heavy atom. The Morgan fingerprint density at radius 1 is 0.344 bits per heavy atom. The lowest BCUT2D eigenvalue weighted by molar-refractivity contribution is 0.0651. The largest absolute Gasteiger partial charge is 0.478 e. The van der Waals surface area contributed by atoms with Gasteiger partial charge in [0.25, 0.3) is 0 Å². The molecular weight excluding hydrogens is 809 g/mol. The molecular formula is C54H38O10. The van der Waals surface area contributed by atoms with Crippen LogP contribution in [0.2, 0.25) is 0 Å². The second-order valence-corrected chi connectivity index (χ2v) is 14.9. The summed E-state index contributed by atoms with van der Waals surface area (Å²) in [4.78, 5) is 48.5. The van der Waals surface area contributed by atoms with E-state index in [1.54, 1.807) is 0 Å². The third kappa shape index (κ3) is 8.18. The fourth-order valence-corrected chi connectivity index (χ4v) is 7.99. The van der Waals surface area contributed by atoms with Crippen molar-refractivity contribution in [1.82, 2.24) is 0 Å². The highest BCUT2D eigenvalue weighted by molar-refractivity contribution is 6.03. The Balaban J connectivity index is 1.45. The zero-order chi connectivity index (χ0) is 45.1. The van der Waals surface area contributed by atoms with Gasteiger partial charge in [-0.25, -0.2) is 19.2 Å². The van der Waals surface area contributed by atoms with Crippen LogP contribution in [0.5, 0.6) is 23.0 Å². The fourth-order valence-electron chi connectivity index (χ4n) is 7.99. The highest BCUT2D eigenvalue weighted by atomic mass is 16.5. The van der Waals surface area contributed by atoms with Gasteiger partial charge < -0.3 is 29.9 Å². The Kier molecular flexibility index (Phi) is 11.6. The van der Waals surface area contributed by atoms with Gasteiger partial charge in [0.05, 0.1) is 22.3 Å². The summed E-state index contributed by atoms with van der Waals surface area (Å²) in [5.74, 6) is -4.49. The van der Waals surface area contributed by atoms with E-state index in [1.165, 1.54) is 36.4 Å². The second-order valence-electron chi connectivity index (χ2n) is 14.9. The lowest BCUT2D eigenvalue weighted by atomic mass is 9.82. The zero-order valence-corrected chi connectivity index (χ0v) is 34.4. The summed E-state index contributed by atoms with van der Waals surface area (Å²) in [6.45, 7) is 3.97. The molecule has 0 aliphatic heterocycles. The minimum Gasteiger partial charge on any atom is -0.478 e. The minimum absolute atomic E-state index is 0.127.